The van der Waals surface area contributed by atoms with Crippen LogP contribution in [0.4, 0.5) is 0 Å². The molecule has 22 heavy (non-hydrogen) atoms. The first-order valence-electron chi connectivity index (χ1n) is 6.82. The lowest BCUT2D eigenvalue weighted by Crippen LogP contribution is -2.20. The van der Waals surface area contributed by atoms with Crippen LogP contribution < -0.4 is 4.74 Å². The highest BCUT2D eigenvalue weighted by atomic mass is 79.9. The van der Waals surface area contributed by atoms with Crippen LogP contribution in [0.25, 0.3) is 0 Å². The molecule has 1 rings (SSSR count). The van der Waals surface area contributed by atoms with E-state index < -0.39 is 0 Å². The lowest BCUT2D eigenvalue weighted by molar-refractivity contribution is -0.142. The third-order valence-electron chi connectivity index (χ3n) is 2.79. The van der Waals surface area contributed by atoms with E-state index in [0.29, 0.717) is 32.2 Å². The topological polar surface area (TPSA) is 55.4 Å². The fourth-order valence-electron chi connectivity index (χ4n) is 1.61. The van der Waals surface area contributed by atoms with Crippen LogP contribution >= 0.6 is 15.9 Å². The van der Waals surface area contributed by atoms with Gasteiger partial charge in [-0.05, 0) is 18.2 Å². The van der Waals surface area contributed by atoms with Crippen molar-refractivity contribution in [3.05, 3.63) is 28.2 Å². The van der Waals surface area contributed by atoms with Gasteiger partial charge in [-0.15, -0.1) is 0 Å². The van der Waals surface area contributed by atoms with E-state index in [4.69, 9.17) is 28.4 Å². The lowest BCUT2D eigenvalue weighted by Gasteiger charge is -2.15. The minimum absolute atomic E-state index is 0.163. The molecule has 0 fully saturated rings. The zero-order chi connectivity index (χ0) is 16.2. The first-order valence-corrected chi connectivity index (χ1v) is 7.61. The molecule has 1 aromatic carbocycles. The van der Waals surface area contributed by atoms with Gasteiger partial charge in [-0.3, -0.25) is 0 Å². The highest BCUT2D eigenvalue weighted by Crippen LogP contribution is 2.24. The molecule has 0 N–H and O–H groups in total. The van der Waals surface area contributed by atoms with Gasteiger partial charge in [-0.1, -0.05) is 15.9 Å². The zero-order valence-electron chi connectivity index (χ0n) is 13.2. The predicted octanol–water partition coefficient (Wildman–Crippen LogP) is 2.58. The maximum Gasteiger partial charge on any atom is 0.189 e. The summed E-state index contributed by atoms with van der Waals surface area (Å²) in [6.07, 6.45) is -0.381. The summed E-state index contributed by atoms with van der Waals surface area (Å²) < 4.78 is 32.5. The van der Waals surface area contributed by atoms with Gasteiger partial charge in [0.25, 0.3) is 0 Å². The Morgan fingerprint density at radius 3 is 2.50 bits per heavy atom. The molecule has 0 saturated carbocycles. The van der Waals surface area contributed by atoms with E-state index in [1.807, 2.05) is 18.2 Å². The summed E-state index contributed by atoms with van der Waals surface area (Å²) in [4.78, 5) is 0. The Hall–Kier alpha value is -0.700. The van der Waals surface area contributed by atoms with E-state index >= 15 is 0 Å². The van der Waals surface area contributed by atoms with Crippen LogP contribution in [0.2, 0.25) is 0 Å². The second-order valence-corrected chi connectivity index (χ2v) is 5.25. The van der Waals surface area contributed by atoms with Gasteiger partial charge in [0.2, 0.25) is 0 Å². The Morgan fingerprint density at radius 2 is 1.82 bits per heavy atom. The predicted molar refractivity (Wildman–Crippen MR) is 84.9 cm³/mol. The van der Waals surface area contributed by atoms with Gasteiger partial charge in [0.1, 0.15) is 5.75 Å². The van der Waals surface area contributed by atoms with Gasteiger partial charge >= 0.3 is 0 Å². The maximum atomic E-state index is 5.61. The Balaban J connectivity index is 2.47. The molecule has 6 nitrogen and oxygen atoms in total. The molecule has 1 aromatic rings. The van der Waals surface area contributed by atoms with Crippen LogP contribution in [0.3, 0.4) is 0 Å². The molecule has 0 atom stereocenters. The van der Waals surface area contributed by atoms with Crippen LogP contribution in [-0.2, 0) is 30.3 Å². The standard InChI is InChI=1S/C15H23BrO6/c1-17-6-7-20-11-22-14-5-4-13(16)8-12(14)9-21-10-15(18-2)19-3/h4-5,8,15H,6-7,9-11H2,1-3H3. The van der Waals surface area contributed by atoms with Crippen molar-refractivity contribution in [2.24, 2.45) is 0 Å². The molecule has 0 saturated heterocycles. The van der Waals surface area contributed by atoms with Crippen molar-refractivity contribution in [1.29, 1.82) is 0 Å². The van der Waals surface area contributed by atoms with E-state index in [2.05, 4.69) is 15.9 Å². The fourth-order valence-corrected chi connectivity index (χ4v) is 2.01. The average molecular weight is 379 g/mol. The van der Waals surface area contributed by atoms with Crippen LogP contribution in [0.1, 0.15) is 5.56 Å². The first-order chi connectivity index (χ1) is 10.7. The van der Waals surface area contributed by atoms with E-state index in [9.17, 15) is 0 Å². The van der Waals surface area contributed by atoms with Crippen LogP contribution in [0.5, 0.6) is 5.75 Å². The molecule has 0 aliphatic carbocycles. The first kappa shape index (κ1) is 19.3. The van der Waals surface area contributed by atoms with Gasteiger partial charge in [0.15, 0.2) is 13.1 Å². The minimum atomic E-state index is -0.381. The number of ether oxygens (including phenoxy) is 6. The number of hydrogen-bond acceptors (Lipinski definition) is 6. The normalized spacial score (nSPS) is 11.1. The minimum Gasteiger partial charge on any atom is -0.467 e. The highest BCUT2D eigenvalue weighted by Gasteiger charge is 2.09. The summed E-state index contributed by atoms with van der Waals surface area (Å²) in [6.45, 7) is 1.91. The lowest BCUT2D eigenvalue weighted by atomic mass is 10.2. The molecule has 0 aromatic heterocycles. The maximum absolute atomic E-state index is 5.61. The number of benzene rings is 1. The molecule has 7 heteroatoms. The Morgan fingerprint density at radius 1 is 1.05 bits per heavy atom. The fraction of sp³-hybridized carbons (Fsp3) is 0.600. The van der Waals surface area contributed by atoms with Crippen molar-refractivity contribution in [3.8, 4) is 5.75 Å². The van der Waals surface area contributed by atoms with E-state index in [-0.39, 0.29) is 13.1 Å². The molecule has 0 unspecified atom stereocenters. The number of halogens is 1. The van der Waals surface area contributed by atoms with Gasteiger partial charge in [-0.2, -0.15) is 0 Å². The van der Waals surface area contributed by atoms with Gasteiger partial charge in [0.05, 0.1) is 26.4 Å². The number of rotatable bonds is 12. The summed E-state index contributed by atoms with van der Waals surface area (Å²) in [5.74, 6) is 0.715. The van der Waals surface area contributed by atoms with E-state index in [1.54, 1.807) is 21.3 Å². The number of methoxy groups -OCH3 is 3. The van der Waals surface area contributed by atoms with Crippen molar-refractivity contribution in [2.45, 2.75) is 12.9 Å². The Kier molecular flexibility index (Phi) is 10.4. The second-order valence-electron chi connectivity index (χ2n) is 4.33. The third-order valence-corrected chi connectivity index (χ3v) is 3.28. The van der Waals surface area contributed by atoms with Crippen molar-refractivity contribution in [2.75, 3.05) is 47.9 Å². The van der Waals surface area contributed by atoms with Crippen molar-refractivity contribution < 1.29 is 28.4 Å². The highest BCUT2D eigenvalue weighted by molar-refractivity contribution is 9.10. The van der Waals surface area contributed by atoms with Crippen LogP contribution in [0.15, 0.2) is 22.7 Å². The molecule has 0 heterocycles. The van der Waals surface area contributed by atoms with Crippen molar-refractivity contribution in [3.63, 3.8) is 0 Å². The van der Waals surface area contributed by atoms with Gasteiger partial charge in [0, 0.05) is 31.4 Å². The van der Waals surface area contributed by atoms with Gasteiger partial charge < -0.3 is 28.4 Å². The van der Waals surface area contributed by atoms with Crippen molar-refractivity contribution in [1.82, 2.24) is 0 Å². The van der Waals surface area contributed by atoms with E-state index in [1.165, 1.54) is 0 Å². The van der Waals surface area contributed by atoms with Crippen LogP contribution in [0, 0.1) is 0 Å². The molecule has 0 amide bonds. The Bertz CT molecular complexity index is 411. The summed E-state index contributed by atoms with van der Waals surface area (Å²) >= 11 is 3.44. The molecule has 0 spiro atoms. The molecular weight excluding hydrogens is 356 g/mol. The smallest absolute Gasteiger partial charge is 0.189 e. The van der Waals surface area contributed by atoms with Crippen LogP contribution in [-0.4, -0.2) is 54.2 Å². The monoisotopic (exact) mass is 378 g/mol. The summed E-state index contributed by atoms with van der Waals surface area (Å²) in [5.41, 5.74) is 0.913. The average Bonchev–Trinajstić information content (AvgIpc) is 2.53. The SMILES string of the molecule is COCCOCOc1ccc(Br)cc1COCC(OC)OC. The summed E-state index contributed by atoms with van der Waals surface area (Å²) in [5, 5.41) is 0. The van der Waals surface area contributed by atoms with Crippen molar-refractivity contribution >= 4 is 15.9 Å². The second kappa shape index (κ2) is 11.8. The molecule has 126 valence electrons. The van der Waals surface area contributed by atoms with E-state index in [0.717, 1.165) is 10.0 Å². The zero-order valence-corrected chi connectivity index (χ0v) is 14.8. The quantitative estimate of drug-likeness (QED) is 0.411. The Labute approximate surface area is 139 Å². The summed E-state index contributed by atoms with van der Waals surface area (Å²) in [7, 11) is 4.77. The third kappa shape index (κ3) is 7.53. The molecule has 0 aliphatic heterocycles. The molecule has 0 bridgehead atoms. The summed E-state index contributed by atoms with van der Waals surface area (Å²) in [6, 6.07) is 5.72. The van der Waals surface area contributed by atoms with Gasteiger partial charge in [-0.25, -0.2) is 0 Å². The largest absolute Gasteiger partial charge is 0.467 e. The number of hydrogen-bond donors (Lipinski definition) is 0. The molecule has 0 aliphatic rings. The molecular formula is C15H23BrO6. The molecule has 0 radical (unpaired) electrons.